The minimum Gasteiger partial charge on any atom is -0.387 e. The largest absolute Gasteiger partial charge is 0.387 e. The number of piperidine rings is 2. The Balaban J connectivity index is 1.85. The van der Waals surface area contributed by atoms with Crippen LogP contribution in [0.5, 0.6) is 0 Å². The molecule has 102 valence electrons. The lowest BCUT2D eigenvalue weighted by Crippen LogP contribution is -2.50. The van der Waals surface area contributed by atoms with Crippen LogP contribution in [0.15, 0.2) is 0 Å². The minimum absolute atomic E-state index is 0.175. The summed E-state index contributed by atoms with van der Waals surface area (Å²) in [6.07, 6.45) is 4.03. The van der Waals surface area contributed by atoms with E-state index in [-0.39, 0.29) is 17.8 Å². The zero-order valence-electron chi connectivity index (χ0n) is 11.2. The Morgan fingerprint density at radius 2 is 1.83 bits per heavy atom. The Kier molecular flexibility index (Phi) is 4.09. The van der Waals surface area contributed by atoms with Gasteiger partial charge in [0.1, 0.15) is 0 Å². The van der Waals surface area contributed by atoms with Gasteiger partial charge >= 0.3 is 6.03 Å². The smallest absolute Gasteiger partial charge is 0.320 e. The van der Waals surface area contributed by atoms with Crippen molar-refractivity contribution in [3.05, 3.63) is 0 Å². The van der Waals surface area contributed by atoms with Crippen molar-refractivity contribution in [3.8, 4) is 0 Å². The van der Waals surface area contributed by atoms with Crippen LogP contribution in [0, 0.1) is 17.2 Å². The number of amides is 2. The number of rotatable bonds is 1. The molecule has 0 aromatic carbocycles. The van der Waals surface area contributed by atoms with E-state index in [1.165, 1.54) is 6.42 Å². The number of carbonyl (C=O) groups excluding carboxylic acids is 1. The predicted octanol–water partition coefficient (Wildman–Crippen LogP) is 1.49. The highest BCUT2D eigenvalue weighted by atomic mass is 16.2. The highest BCUT2D eigenvalue weighted by molar-refractivity contribution is 5.80. The molecule has 0 aromatic rings. The number of likely N-dealkylation sites (tertiary alicyclic amines) is 2. The average Bonchev–Trinajstić information content (AvgIpc) is 2.38. The minimum atomic E-state index is 0.175. The van der Waals surface area contributed by atoms with E-state index < -0.39 is 0 Å². The normalized spacial score (nSPS) is 26.2. The molecule has 0 saturated carbocycles. The molecule has 2 heterocycles. The van der Waals surface area contributed by atoms with Crippen LogP contribution in [-0.4, -0.2) is 47.8 Å². The summed E-state index contributed by atoms with van der Waals surface area (Å²) >= 11 is 0. The fraction of sp³-hybridized carbons (Fsp3) is 0.846. The van der Waals surface area contributed by atoms with Crippen molar-refractivity contribution >= 4 is 11.9 Å². The molecule has 1 unspecified atom stereocenters. The molecular weight excluding hydrogens is 228 g/mol. The van der Waals surface area contributed by atoms with Gasteiger partial charge in [-0.2, -0.15) is 0 Å². The topological polar surface area (TPSA) is 73.4 Å². The zero-order valence-corrected chi connectivity index (χ0v) is 11.2. The molecule has 2 fully saturated rings. The Morgan fingerprint density at radius 1 is 1.17 bits per heavy atom. The maximum atomic E-state index is 12.3. The predicted molar refractivity (Wildman–Crippen MR) is 71.6 cm³/mol. The maximum absolute atomic E-state index is 12.3. The number of hydrogen-bond donors (Lipinski definition) is 2. The van der Waals surface area contributed by atoms with Crippen LogP contribution < -0.4 is 5.73 Å². The summed E-state index contributed by atoms with van der Waals surface area (Å²) in [5, 5.41) is 7.45. The van der Waals surface area contributed by atoms with E-state index in [1.54, 1.807) is 0 Å². The standard InChI is InChI=1S/C13H24N4O/c1-10-3-2-6-17(9-10)13(18)16-7-4-11(5-8-16)12(14)15/h10-11H,2-9H2,1H3,(H3,14,15). The number of hydrogen-bond acceptors (Lipinski definition) is 2. The van der Waals surface area contributed by atoms with Crippen LogP contribution >= 0.6 is 0 Å². The van der Waals surface area contributed by atoms with Crippen molar-refractivity contribution < 1.29 is 4.79 Å². The molecule has 3 N–H and O–H groups in total. The summed E-state index contributed by atoms with van der Waals surface area (Å²) in [4.78, 5) is 16.3. The summed E-state index contributed by atoms with van der Waals surface area (Å²) in [7, 11) is 0. The van der Waals surface area contributed by atoms with Crippen molar-refractivity contribution in [1.82, 2.24) is 9.80 Å². The SMILES string of the molecule is CC1CCCN(C(=O)N2CCC(C(=N)N)CC2)C1. The van der Waals surface area contributed by atoms with Gasteiger partial charge in [0.25, 0.3) is 0 Å². The molecule has 1 atom stereocenters. The third-order valence-corrected chi connectivity index (χ3v) is 4.13. The molecule has 5 heteroatoms. The van der Waals surface area contributed by atoms with Gasteiger partial charge in [0, 0.05) is 32.1 Å². The second kappa shape index (κ2) is 5.59. The van der Waals surface area contributed by atoms with E-state index in [0.717, 1.165) is 45.4 Å². The molecule has 18 heavy (non-hydrogen) atoms. The highest BCUT2D eigenvalue weighted by Crippen LogP contribution is 2.21. The Bertz CT molecular complexity index is 323. The molecule has 2 aliphatic rings. The third-order valence-electron chi connectivity index (χ3n) is 4.13. The van der Waals surface area contributed by atoms with E-state index in [1.807, 2.05) is 9.80 Å². The van der Waals surface area contributed by atoms with Crippen LogP contribution in [-0.2, 0) is 0 Å². The van der Waals surface area contributed by atoms with Gasteiger partial charge in [-0.15, -0.1) is 0 Å². The molecule has 0 spiro atoms. The van der Waals surface area contributed by atoms with Crippen LogP contribution in [0.1, 0.15) is 32.6 Å². The van der Waals surface area contributed by atoms with Crippen LogP contribution in [0.2, 0.25) is 0 Å². The van der Waals surface area contributed by atoms with Crippen LogP contribution in [0.25, 0.3) is 0 Å². The number of nitrogens with two attached hydrogens (primary N) is 1. The molecule has 0 aliphatic carbocycles. The Morgan fingerprint density at radius 3 is 2.39 bits per heavy atom. The van der Waals surface area contributed by atoms with Gasteiger partial charge in [-0.25, -0.2) is 4.79 Å². The molecule has 0 bridgehead atoms. The zero-order chi connectivity index (χ0) is 13.1. The lowest BCUT2D eigenvalue weighted by molar-refractivity contribution is 0.120. The number of amidine groups is 1. The van der Waals surface area contributed by atoms with Crippen molar-refractivity contribution in [2.24, 2.45) is 17.6 Å². The monoisotopic (exact) mass is 252 g/mol. The first kappa shape index (κ1) is 13.2. The van der Waals surface area contributed by atoms with Crippen LogP contribution in [0.3, 0.4) is 0 Å². The van der Waals surface area contributed by atoms with E-state index >= 15 is 0 Å². The number of carbonyl (C=O) groups is 1. The summed E-state index contributed by atoms with van der Waals surface area (Å²) in [5.41, 5.74) is 5.52. The molecule has 0 aromatic heterocycles. The summed E-state index contributed by atoms with van der Waals surface area (Å²) < 4.78 is 0. The van der Waals surface area contributed by atoms with Crippen molar-refractivity contribution in [1.29, 1.82) is 5.41 Å². The fourth-order valence-electron chi connectivity index (χ4n) is 2.94. The first-order valence-electron chi connectivity index (χ1n) is 6.95. The van der Waals surface area contributed by atoms with Gasteiger partial charge in [-0.1, -0.05) is 6.92 Å². The summed E-state index contributed by atoms with van der Waals surface area (Å²) in [6, 6.07) is 0.184. The molecule has 5 nitrogen and oxygen atoms in total. The van der Waals surface area contributed by atoms with E-state index in [0.29, 0.717) is 5.92 Å². The summed E-state index contributed by atoms with van der Waals surface area (Å²) in [6.45, 7) is 5.49. The van der Waals surface area contributed by atoms with Gasteiger partial charge in [0.2, 0.25) is 0 Å². The Hall–Kier alpha value is -1.26. The van der Waals surface area contributed by atoms with Gasteiger partial charge in [0.05, 0.1) is 5.84 Å². The van der Waals surface area contributed by atoms with Gasteiger partial charge in [-0.05, 0) is 31.6 Å². The van der Waals surface area contributed by atoms with Crippen molar-refractivity contribution in [3.63, 3.8) is 0 Å². The molecule has 2 rings (SSSR count). The van der Waals surface area contributed by atoms with E-state index in [9.17, 15) is 4.79 Å². The van der Waals surface area contributed by atoms with E-state index in [2.05, 4.69) is 6.92 Å². The van der Waals surface area contributed by atoms with Crippen LogP contribution in [0.4, 0.5) is 4.79 Å². The first-order valence-corrected chi connectivity index (χ1v) is 6.95. The lowest BCUT2D eigenvalue weighted by Gasteiger charge is -2.38. The number of nitrogens with one attached hydrogen (secondary N) is 1. The summed E-state index contributed by atoms with van der Waals surface area (Å²) in [5.74, 6) is 1.07. The maximum Gasteiger partial charge on any atom is 0.320 e. The average molecular weight is 252 g/mol. The van der Waals surface area contributed by atoms with Gasteiger partial charge in [0.15, 0.2) is 0 Å². The second-order valence-corrected chi connectivity index (χ2v) is 5.69. The number of urea groups is 1. The molecule has 2 saturated heterocycles. The van der Waals surface area contributed by atoms with Crippen molar-refractivity contribution in [2.75, 3.05) is 26.2 Å². The van der Waals surface area contributed by atoms with Crippen molar-refractivity contribution in [2.45, 2.75) is 32.6 Å². The lowest BCUT2D eigenvalue weighted by atomic mass is 9.96. The van der Waals surface area contributed by atoms with Gasteiger partial charge in [-0.3, -0.25) is 5.41 Å². The second-order valence-electron chi connectivity index (χ2n) is 5.69. The quantitative estimate of drug-likeness (QED) is 0.548. The molecule has 2 aliphatic heterocycles. The number of nitrogens with zero attached hydrogens (tertiary/aromatic N) is 2. The third kappa shape index (κ3) is 2.94. The Labute approximate surface area is 109 Å². The molecule has 0 radical (unpaired) electrons. The molecule has 2 amide bonds. The van der Waals surface area contributed by atoms with E-state index in [4.69, 9.17) is 11.1 Å². The first-order chi connectivity index (χ1) is 8.58. The highest BCUT2D eigenvalue weighted by Gasteiger charge is 2.29. The fourth-order valence-corrected chi connectivity index (χ4v) is 2.94. The van der Waals surface area contributed by atoms with Gasteiger partial charge < -0.3 is 15.5 Å². The molecular formula is C13H24N4O.